The Labute approximate surface area is 85.0 Å². The van der Waals surface area contributed by atoms with Crippen molar-refractivity contribution in [2.45, 2.75) is 24.7 Å². The lowest BCUT2D eigenvalue weighted by atomic mass is 10.4. The van der Waals surface area contributed by atoms with Gasteiger partial charge in [0.05, 0.1) is 0 Å². The third kappa shape index (κ3) is 4.49. The highest BCUT2D eigenvalue weighted by Gasteiger charge is 2.29. The fourth-order valence-electron chi connectivity index (χ4n) is 0.548. The molecular formula is C6H11F2NO5S. The molecule has 0 radical (unpaired) electrons. The van der Waals surface area contributed by atoms with Crippen LogP contribution in [0.15, 0.2) is 0 Å². The van der Waals surface area contributed by atoms with E-state index in [4.69, 9.17) is 10.2 Å². The maximum atomic E-state index is 11.8. The van der Waals surface area contributed by atoms with Crippen LogP contribution in [0.4, 0.5) is 8.78 Å². The third-order valence-corrected chi connectivity index (χ3v) is 3.30. The van der Waals surface area contributed by atoms with Gasteiger partial charge >= 0.3 is 5.97 Å². The molecule has 6 nitrogen and oxygen atoms in total. The van der Waals surface area contributed by atoms with Gasteiger partial charge < -0.3 is 10.2 Å². The molecule has 3 N–H and O–H groups in total. The number of aliphatic hydroxyl groups is 1. The van der Waals surface area contributed by atoms with Gasteiger partial charge in [0.2, 0.25) is 10.0 Å². The van der Waals surface area contributed by atoms with Gasteiger partial charge in [-0.3, -0.25) is 4.79 Å². The molecule has 0 saturated carbocycles. The number of hydrogen-bond donors (Lipinski definition) is 3. The normalized spacial score (nSPS) is 16.3. The van der Waals surface area contributed by atoms with Gasteiger partial charge in [-0.05, 0) is 6.92 Å². The number of nitrogens with one attached hydrogen (secondary N) is 1. The van der Waals surface area contributed by atoms with Gasteiger partial charge in [0.15, 0.2) is 5.25 Å². The average Bonchev–Trinajstić information content (AvgIpc) is 2.12. The molecule has 0 saturated heterocycles. The molecule has 0 aromatic carbocycles. The van der Waals surface area contributed by atoms with Crippen LogP contribution in [0.5, 0.6) is 0 Å². The first kappa shape index (κ1) is 14.2. The molecule has 15 heavy (non-hydrogen) atoms. The summed E-state index contributed by atoms with van der Waals surface area (Å²) in [4.78, 5) is 10.3. The average molecular weight is 247 g/mol. The molecule has 0 amide bonds. The van der Waals surface area contributed by atoms with Gasteiger partial charge in [0.25, 0.3) is 6.43 Å². The lowest BCUT2D eigenvalue weighted by molar-refractivity contribution is -0.136. The summed E-state index contributed by atoms with van der Waals surface area (Å²) in [5.41, 5.74) is 0. The molecule has 0 spiro atoms. The van der Waals surface area contributed by atoms with Crippen LogP contribution in [0, 0.1) is 0 Å². The molecule has 0 aliphatic carbocycles. The minimum Gasteiger partial charge on any atom is -0.480 e. The quantitative estimate of drug-likeness (QED) is 0.559. The number of hydrogen-bond acceptors (Lipinski definition) is 4. The zero-order valence-corrected chi connectivity index (χ0v) is 8.54. The summed E-state index contributed by atoms with van der Waals surface area (Å²) in [7, 11) is -4.23. The summed E-state index contributed by atoms with van der Waals surface area (Å²) < 4.78 is 47.2. The number of carbonyl (C=O) groups is 1. The van der Waals surface area contributed by atoms with E-state index < -0.39 is 40.3 Å². The van der Waals surface area contributed by atoms with Crippen LogP contribution >= 0.6 is 0 Å². The summed E-state index contributed by atoms with van der Waals surface area (Å²) in [5.74, 6) is -1.60. The Morgan fingerprint density at radius 2 is 1.93 bits per heavy atom. The number of aliphatic hydroxyl groups excluding tert-OH is 1. The lowest BCUT2D eigenvalue weighted by Gasteiger charge is -2.13. The molecular weight excluding hydrogens is 236 g/mol. The van der Waals surface area contributed by atoms with Gasteiger partial charge in [-0.25, -0.2) is 21.9 Å². The van der Waals surface area contributed by atoms with Crippen molar-refractivity contribution < 1.29 is 32.2 Å². The molecule has 2 atom stereocenters. The first-order valence-electron chi connectivity index (χ1n) is 3.86. The van der Waals surface area contributed by atoms with Crippen molar-refractivity contribution in [2.24, 2.45) is 0 Å². The summed E-state index contributed by atoms with van der Waals surface area (Å²) in [6, 6.07) is 0. The molecule has 0 aromatic heterocycles. The molecule has 0 aliphatic rings. The first-order chi connectivity index (χ1) is 6.68. The molecule has 0 bridgehead atoms. The van der Waals surface area contributed by atoms with E-state index in [1.807, 2.05) is 0 Å². The fraction of sp³-hybridized carbons (Fsp3) is 0.833. The second-order valence-electron chi connectivity index (χ2n) is 2.78. The van der Waals surface area contributed by atoms with Gasteiger partial charge in [-0.1, -0.05) is 0 Å². The molecule has 0 aromatic rings. The van der Waals surface area contributed by atoms with E-state index in [0.717, 1.165) is 6.92 Å². The summed E-state index contributed by atoms with van der Waals surface area (Å²) in [6.45, 7) is -0.0307. The maximum Gasteiger partial charge on any atom is 0.323 e. The minimum atomic E-state index is -4.23. The van der Waals surface area contributed by atoms with Crippen LogP contribution in [-0.4, -0.2) is 48.9 Å². The predicted octanol–water partition coefficient (Wildman–Crippen LogP) is -0.995. The molecule has 0 heterocycles. The second-order valence-corrected chi connectivity index (χ2v) is 4.86. The Morgan fingerprint density at radius 1 is 1.47 bits per heavy atom. The molecule has 0 rings (SSSR count). The smallest absolute Gasteiger partial charge is 0.323 e. The zero-order valence-electron chi connectivity index (χ0n) is 7.72. The van der Waals surface area contributed by atoms with E-state index in [2.05, 4.69) is 0 Å². The zero-order chi connectivity index (χ0) is 12.2. The van der Waals surface area contributed by atoms with Crippen LogP contribution in [0.1, 0.15) is 6.92 Å². The summed E-state index contributed by atoms with van der Waals surface area (Å²) >= 11 is 0. The van der Waals surface area contributed by atoms with Crippen molar-refractivity contribution in [1.29, 1.82) is 0 Å². The SMILES string of the molecule is CC(C(=O)O)S(=O)(=O)NCC(O)C(F)F. The molecule has 2 unspecified atom stereocenters. The van der Waals surface area contributed by atoms with Gasteiger partial charge in [-0.15, -0.1) is 0 Å². The Morgan fingerprint density at radius 3 is 2.27 bits per heavy atom. The maximum absolute atomic E-state index is 11.8. The Balaban J connectivity index is 4.35. The van der Waals surface area contributed by atoms with Crippen molar-refractivity contribution >= 4 is 16.0 Å². The van der Waals surface area contributed by atoms with Crippen LogP contribution in [-0.2, 0) is 14.8 Å². The van der Waals surface area contributed by atoms with E-state index in [-0.39, 0.29) is 0 Å². The Hall–Kier alpha value is -0.800. The van der Waals surface area contributed by atoms with E-state index >= 15 is 0 Å². The molecule has 0 aliphatic heterocycles. The number of aliphatic carboxylic acids is 1. The van der Waals surface area contributed by atoms with Gasteiger partial charge in [-0.2, -0.15) is 0 Å². The predicted molar refractivity (Wildman–Crippen MR) is 46.0 cm³/mol. The van der Waals surface area contributed by atoms with E-state index in [1.54, 1.807) is 4.72 Å². The number of carboxylic acid groups (broad SMARTS) is 1. The third-order valence-electron chi connectivity index (χ3n) is 1.60. The summed E-state index contributed by atoms with van der Waals surface area (Å²) in [6.07, 6.45) is -5.24. The van der Waals surface area contributed by atoms with Crippen LogP contribution in [0.2, 0.25) is 0 Å². The van der Waals surface area contributed by atoms with Gasteiger partial charge in [0, 0.05) is 6.54 Å². The van der Waals surface area contributed by atoms with E-state index in [0.29, 0.717) is 0 Å². The van der Waals surface area contributed by atoms with Crippen molar-refractivity contribution in [2.75, 3.05) is 6.54 Å². The highest BCUT2D eigenvalue weighted by Crippen LogP contribution is 2.02. The Kier molecular flexibility index (Phi) is 5.05. The number of rotatable bonds is 6. The van der Waals surface area contributed by atoms with E-state index in [1.165, 1.54) is 0 Å². The van der Waals surface area contributed by atoms with Crippen LogP contribution in [0.3, 0.4) is 0 Å². The molecule has 0 fully saturated rings. The largest absolute Gasteiger partial charge is 0.480 e. The van der Waals surface area contributed by atoms with Crippen molar-refractivity contribution in [1.82, 2.24) is 4.72 Å². The second kappa shape index (κ2) is 5.33. The number of sulfonamides is 1. The first-order valence-corrected chi connectivity index (χ1v) is 5.40. The lowest BCUT2D eigenvalue weighted by Crippen LogP contribution is -2.42. The van der Waals surface area contributed by atoms with Crippen molar-refractivity contribution in [3.05, 3.63) is 0 Å². The highest BCUT2D eigenvalue weighted by atomic mass is 32.2. The Bertz CT molecular complexity index is 317. The number of halogens is 2. The standard InChI is InChI=1S/C6H11F2NO5S/c1-3(6(11)12)15(13,14)9-2-4(10)5(7)8/h3-5,9-10H,2H2,1H3,(H,11,12). The summed E-state index contributed by atoms with van der Waals surface area (Å²) in [5, 5.41) is 15.2. The number of alkyl halides is 2. The highest BCUT2D eigenvalue weighted by molar-refractivity contribution is 7.90. The van der Waals surface area contributed by atoms with Crippen LogP contribution in [0.25, 0.3) is 0 Å². The number of carboxylic acids is 1. The molecule has 90 valence electrons. The van der Waals surface area contributed by atoms with Gasteiger partial charge in [0.1, 0.15) is 6.10 Å². The minimum absolute atomic E-state index is 0.888. The topological polar surface area (TPSA) is 104 Å². The molecule has 9 heteroatoms. The van der Waals surface area contributed by atoms with E-state index in [9.17, 15) is 22.0 Å². The van der Waals surface area contributed by atoms with Crippen molar-refractivity contribution in [3.63, 3.8) is 0 Å². The van der Waals surface area contributed by atoms with Crippen LogP contribution < -0.4 is 4.72 Å². The van der Waals surface area contributed by atoms with Crippen molar-refractivity contribution in [3.8, 4) is 0 Å². The monoisotopic (exact) mass is 247 g/mol. The fourth-order valence-corrected chi connectivity index (χ4v) is 1.47.